The number of carboxylic acids is 1. The number of hydrogen-bond donors (Lipinski definition) is 2. The van der Waals surface area contributed by atoms with Gasteiger partial charge >= 0.3 is 11.9 Å². The van der Waals surface area contributed by atoms with Gasteiger partial charge in [0.15, 0.2) is 0 Å². The molecule has 4 nitrogen and oxygen atoms in total. The molecule has 0 aliphatic heterocycles. The van der Waals surface area contributed by atoms with Crippen molar-refractivity contribution in [2.24, 2.45) is 0 Å². The summed E-state index contributed by atoms with van der Waals surface area (Å²) in [4.78, 5) is 20.9. The maximum absolute atomic E-state index is 10.7. The fourth-order valence-corrected chi connectivity index (χ4v) is 0.762. The third-order valence-corrected chi connectivity index (χ3v) is 1.54. The molecule has 0 aliphatic rings. The van der Waals surface area contributed by atoms with Crippen LogP contribution in [-0.2, 0) is 14.3 Å². The SMILES string of the molecule is CCC(CC(=O)O)OC(=O)CS. The standard InChI is InChI=1S/C7H12O4S/c1-2-5(3-6(8)9)11-7(10)4-12/h5,12H,2-4H2,1H3,(H,8,9). The summed E-state index contributed by atoms with van der Waals surface area (Å²) in [6.07, 6.45) is -0.163. The number of rotatable bonds is 5. The van der Waals surface area contributed by atoms with E-state index in [2.05, 4.69) is 12.6 Å². The zero-order chi connectivity index (χ0) is 9.56. The molecule has 1 N–H and O–H groups in total. The molecule has 1 unspecified atom stereocenters. The number of esters is 1. The number of aliphatic carboxylic acids is 1. The lowest BCUT2D eigenvalue weighted by Crippen LogP contribution is -2.21. The highest BCUT2D eigenvalue weighted by Gasteiger charge is 2.14. The number of thiol groups is 1. The van der Waals surface area contributed by atoms with Crippen LogP contribution in [0.2, 0.25) is 0 Å². The average Bonchev–Trinajstić information content (AvgIpc) is 2.02. The van der Waals surface area contributed by atoms with Crippen molar-refractivity contribution in [1.29, 1.82) is 0 Å². The van der Waals surface area contributed by atoms with E-state index in [1.165, 1.54) is 0 Å². The largest absolute Gasteiger partial charge is 0.481 e. The molecule has 0 amide bonds. The van der Waals surface area contributed by atoms with Crippen LogP contribution in [-0.4, -0.2) is 28.9 Å². The Balaban J connectivity index is 3.82. The predicted molar refractivity (Wildman–Crippen MR) is 46.3 cm³/mol. The van der Waals surface area contributed by atoms with E-state index in [0.29, 0.717) is 6.42 Å². The molecular formula is C7H12O4S. The maximum atomic E-state index is 10.7. The van der Waals surface area contributed by atoms with Gasteiger partial charge in [-0.25, -0.2) is 0 Å². The van der Waals surface area contributed by atoms with Gasteiger partial charge in [0.05, 0.1) is 12.2 Å². The molecular weight excluding hydrogens is 180 g/mol. The lowest BCUT2D eigenvalue weighted by molar-refractivity contribution is -0.150. The van der Waals surface area contributed by atoms with Gasteiger partial charge in [-0.05, 0) is 6.42 Å². The normalized spacial score (nSPS) is 12.2. The maximum Gasteiger partial charge on any atom is 0.315 e. The van der Waals surface area contributed by atoms with E-state index in [9.17, 15) is 9.59 Å². The van der Waals surface area contributed by atoms with Gasteiger partial charge in [0.1, 0.15) is 6.10 Å². The van der Waals surface area contributed by atoms with Crippen molar-refractivity contribution in [3.8, 4) is 0 Å². The summed E-state index contributed by atoms with van der Waals surface area (Å²) in [5.41, 5.74) is 0. The van der Waals surface area contributed by atoms with Crippen LogP contribution in [0.15, 0.2) is 0 Å². The van der Waals surface area contributed by atoms with Crippen molar-refractivity contribution in [2.75, 3.05) is 5.75 Å². The molecule has 0 saturated heterocycles. The number of carbonyl (C=O) groups excluding carboxylic acids is 1. The van der Waals surface area contributed by atoms with Crippen LogP contribution in [0.3, 0.4) is 0 Å². The summed E-state index contributed by atoms with van der Waals surface area (Å²) in [5, 5.41) is 8.39. The first kappa shape index (κ1) is 11.3. The van der Waals surface area contributed by atoms with Crippen LogP contribution in [0.1, 0.15) is 19.8 Å². The van der Waals surface area contributed by atoms with Crippen molar-refractivity contribution in [3.05, 3.63) is 0 Å². The smallest absolute Gasteiger partial charge is 0.315 e. The van der Waals surface area contributed by atoms with Crippen molar-refractivity contribution >= 4 is 24.6 Å². The third kappa shape index (κ3) is 5.01. The van der Waals surface area contributed by atoms with E-state index in [-0.39, 0.29) is 12.2 Å². The molecule has 70 valence electrons. The molecule has 0 aliphatic carbocycles. The number of ether oxygens (including phenoxy) is 1. The minimum absolute atomic E-state index is 0.0177. The molecule has 0 radical (unpaired) electrons. The first-order chi connectivity index (χ1) is 5.60. The van der Waals surface area contributed by atoms with Gasteiger partial charge < -0.3 is 9.84 Å². The fourth-order valence-electron chi connectivity index (χ4n) is 0.687. The predicted octanol–water partition coefficient (Wildman–Crippen LogP) is 0.713. The number of hydrogen-bond acceptors (Lipinski definition) is 4. The van der Waals surface area contributed by atoms with E-state index in [1.807, 2.05) is 0 Å². The Morgan fingerprint density at radius 3 is 2.50 bits per heavy atom. The van der Waals surface area contributed by atoms with Gasteiger partial charge in [0.25, 0.3) is 0 Å². The topological polar surface area (TPSA) is 63.6 Å². The molecule has 5 heteroatoms. The van der Waals surface area contributed by atoms with Crippen LogP contribution in [0.4, 0.5) is 0 Å². The van der Waals surface area contributed by atoms with Crippen LogP contribution in [0.25, 0.3) is 0 Å². The lowest BCUT2D eigenvalue weighted by Gasteiger charge is -2.12. The Hall–Kier alpha value is -0.710. The van der Waals surface area contributed by atoms with Crippen molar-refractivity contribution in [3.63, 3.8) is 0 Å². The number of carbonyl (C=O) groups is 2. The van der Waals surface area contributed by atoms with Crippen molar-refractivity contribution < 1.29 is 19.4 Å². The van der Waals surface area contributed by atoms with Crippen LogP contribution >= 0.6 is 12.6 Å². The molecule has 0 spiro atoms. The summed E-state index contributed by atoms with van der Waals surface area (Å²) >= 11 is 3.70. The highest BCUT2D eigenvalue weighted by molar-refractivity contribution is 7.81. The Morgan fingerprint density at radius 2 is 2.17 bits per heavy atom. The molecule has 0 bridgehead atoms. The van der Waals surface area contributed by atoms with Gasteiger partial charge in [0, 0.05) is 0 Å². The molecule has 0 aromatic heterocycles. The summed E-state index contributed by atoms with van der Waals surface area (Å²) in [7, 11) is 0. The lowest BCUT2D eigenvalue weighted by atomic mass is 10.2. The summed E-state index contributed by atoms with van der Waals surface area (Å²) in [6, 6.07) is 0. The Morgan fingerprint density at radius 1 is 1.58 bits per heavy atom. The Bertz CT molecular complexity index is 169. The second kappa shape index (κ2) is 5.88. The van der Waals surface area contributed by atoms with E-state index in [0.717, 1.165) is 0 Å². The van der Waals surface area contributed by atoms with Gasteiger partial charge in [-0.3, -0.25) is 9.59 Å². The summed E-state index contributed by atoms with van der Waals surface area (Å²) < 4.78 is 4.76. The van der Waals surface area contributed by atoms with E-state index >= 15 is 0 Å². The van der Waals surface area contributed by atoms with E-state index in [1.54, 1.807) is 6.92 Å². The van der Waals surface area contributed by atoms with Gasteiger partial charge in [0.2, 0.25) is 0 Å². The van der Waals surface area contributed by atoms with Gasteiger partial charge in [-0.1, -0.05) is 6.92 Å². The van der Waals surface area contributed by atoms with Crippen LogP contribution in [0.5, 0.6) is 0 Å². The molecule has 0 fully saturated rings. The molecule has 0 rings (SSSR count). The molecule has 1 atom stereocenters. The van der Waals surface area contributed by atoms with Crippen molar-refractivity contribution in [1.82, 2.24) is 0 Å². The molecule has 0 saturated carbocycles. The Labute approximate surface area is 76.3 Å². The summed E-state index contributed by atoms with van der Waals surface area (Å²) in [6.45, 7) is 1.76. The fraction of sp³-hybridized carbons (Fsp3) is 0.714. The molecule has 0 aromatic carbocycles. The van der Waals surface area contributed by atoms with Crippen LogP contribution in [0, 0.1) is 0 Å². The zero-order valence-corrected chi connectivity index (χ0v) is 7.71. The molecule has 0 heterocycles. The Kier molecular flexibility index (Phi) is 5.53. The van der Waals surface area contributed by atoms with E-state index in [4.69, 9.17) is 9.84 Å². The second-order valence-electron chi connectivity index (χ2n) is 2.28. The summed E-state index contributed by atoms with van der Waals surface area (Å²) in [5.74, 6) is -1.46. The highest BCUT2D eigenvalue weighted by Crippen LogP contribution is 2.04. The minimum atomic E-state index is -0.964. The first-order valence-corrected chi connectivity index (χ1v) is 4.25. The zero-order valence-electron chi connectivity index (χ0n) is 6.82. The average molecular weight is 192 g/mol. The highest BCUT2D eigenvalue weighted by atomic mass is 32.1. The second-order valence-corrected chi connectivity index (χ2v) is 2.59. The monoisotopic (exact) mass is 192 g/mol. The quantitative estimate of drug-likeness (QED) is 0.497. The number of carboxylic acid groups (broad SMARTS) is 1. The minimum Gasteiger partial charge on any atom is -0.481 e. The molecule has 0 aromatic rings. The molecule has 12 heavy (non-hydrogen) atoms. The third-order valence-electron chi connectivity index (χ3n) is 1.28. The van der Waals surface area contributed by atoms with Crippen LogP contribution < -0.4 is 0 Å². The van der Waals surface area contributed by atoms with Gasteiger partial charge in [-0.15, -0.1) is 0 Å². The van der Waals surface area contributed by atoms with Gasteiger partial charge in [-0.2, -0.15) is 12.6 Å². The first-order valence-electron chi connectivity index (χ1n) is 3.62. The van der Waals surface area contributed by atoms with E-state index < -0.39 is 18.0 Å². The van der Waals surface area contributed by atoms with Crippen molar-refractivity contribution in [2.45, 2.75) is 25.9 Å².